The Balaban J connectivity index is 2.46. The molecule has 0 aliphatic rings. The van der Waals surface area contributed by atoms with E-state index >= 15 is 0 Å². The highest BCUT2D eigenvalue weighted by Gasteiger charge is 2.16. The molecule has 0 aromatic carbocycles. The van der Waals surface area contributed by atoms with Gasteiger partial charge >= 0.3 is 0 Å². The Kier molecular flexibility index (Phi) is 5.47. The number of hydrogen-bond donors (Lipinski definition) is 2. The van der Waals surface area contributed by atoms with E-state index in [1.165, 1.54) is 13.3 Å². The zero-order chi connectivity index (χ0) is 12.9. The molecule has 0 aliphatic heterocycles. The van der Waals surface area contributed by atoms with Crippen LogP contribution in [-0.4, -0.2) is 44.9 Å². The number of nitrogens with one attached hydrogen (secondary N) is 1. The fourth-order valence-corrected chi connectivity index (χ4v) is 3.37. The van der Waals surface area contributed by atoms with Crippen molar-refractivity contribution in [2.24, 2.45) is 0 Å². The molecule has 1 aromatic rings. The lowest BCUT2D eigenvalue weighted by Crippen LogP contribution is -2.28. The van der Waals surface area contributed by atoms with Gasteiger partial charge in [0.2, 0.25) is 0 Å². The number of aryl methyl sites for hydroxylation is 1. The highest BCUT2D eigenvalue weighted by molar-refractivity contribution is 7.91. The third kappa shape index (κ3) is 4.68. The predicted molar refractivity (Wildman–Crippen MR) is 64.5 cm³/mol. The quantitative estimate of drug-likeness (QED) is 0.741. The van der Waals surface area contributed by atoms with Crippen molar-refractivity contribution in [2.45, 2.75) is 23.7 Å². The molecule has 98 valence electrons. The van der Waals surface area contributed by atoms with Crippen LogP contribution in [0.3, 0.4) is 0 Å². The van der Waals surface area contributed by atoms with E-state index in [1.807, 2.05) is 0 Å². The van der Waals surface area contributed by atoms with Crippen molar-refractivity contribution in [3.05, 3.63) is 11.2 Å². The second-order valence-corrected chi connectivity index (χ2v) is 6.72. The van der Waals surface area contributed by atoms with E-state index in [4.69, 9.17) is 4.74 Å². The second kappa shape index (κ2) is 6.41. The fraction of sp³-hybridized carbons (Fsp3) is 0.667. The maximum Gasteiger partial charge on any atom is 0.251 e. The van der Waals surface area contributed by atoms with Crippen LogP contribution in [0.25, 0.3) is 0 Å². The van der Waals surface area contributed by atoms with Gasteiger partial charge in [0.15, 0.2) is 4.21 Å². The van der Waals surface area contributed by atoms with Crippen molar-refractivity contribution in [1.29, 1.82) is 0 Å². The van der Waals surface area contributed by atoms with Gasteiger partial charge in [-0.05, 0) is 13.3 Å². The van der Waals surface area contributed by atoms with Crippen LogP contribution in [0, 0.1) is 6.92 Å². The molecule has 0 fully saturated rings. The van der Waals surface area contributed by atoms with E-state index in [-0.39, 0.29) is 17.4 Å². The summed E-state index contributed by atoms with van der Waals surface area (Å²) in [6.45, 7) is 2.11. The van der Waals surface area contributed by atoms with Crippen LogP contribution in [0.1, 0.15) is 11.4 Å². The van der Waals surface area contributed by atoms with Crippen LogP contribution in [0.4, 0.5) is 0 Å². The Hall–Kier alpha value is -0.540. The third-order valence-electron chi connectivity index (χ3n) is 1.99. The SMILES string of the molecule is COCC(O)CCNS(=O)(=O)c1cnc(C)s1. The smallest absolute Gasteiger partial charge is 0.251 e. The summed E-state index contributed by atoms with van der Waals surface area (Å²) in [5.41, 5.74) is 0. The van der Waals surface area contributed by atoms with Crippen LogP contribution in [0.15, 0.2) is 10.4 Å². The maximum absolute atomic E-state index is 11.7. The molecule has 2 N–H and O–H groups in total. The molecule has 0 saturated heterocycles. The normalized spacial score (nSPS) is 13.8. The molecule has 1 atom stereocenters. The van der Waals surface area contributed by atoms with Gasteiger partial charge in [-0.2, -0.15) is 0 Å². The first-order valence-corrected chi connectivity index (χ1v) is 7.35. The monoisotopic (exact) mass is 280 g/mol. The summed E-state index contributed by atoms with van der Waals surface area (Å²) in [5.74, 6) is 0. The van der Waals surface area contributed by atoms with Gasteiger partial charge in [-0.3, -0.25) is 0 Å². The first kappa shape index (κ1) is 14.5. The Morgan fingerprint density at radius 2 is 2.35 bits per heavy atom. The van der Waals surface area contributed by atoms with Crippen molar-refractivity contribution < 1.29 is 18.3 Å². The summed E-state index contributed by atoms with van der Waals surface area (Å²) < 4.78 is 30.8. The topological polar surface area (TPSA) is 88.5 Å². The van der Waals surface area contributed by atoms with Crippen molar-refractivity contribution >= 4 is 21.4 Å². The number of sulfonamides is 1. The van der Waals surface area contributed by atoms with Crippen LogP contribution in [0.5, 0.6) is 0 Å². The molecule has 1 unspecified atom stereocenters. The summed E-state index contributed by atoms with van der Waals surface area (Å²) in [6, 6.07) is 0. The number of aliphatic hydroxyl groups is 1. The predicted octanol–water partition coefficient (Wildman–Crippen LogP) is 0.127. The molecular weight excluding hydrogens is 264 g/mol. The van der Waals surface area contributed by atoms with Crippen molar-refractivity contribution in [3.8, 4) is 0 Å². The summed E-state index contributed by atoms with van der Waals surface area (Å²) in [7, 11) is -2.02. The number of nitrogens with zero attached hydrogens (tertiary/aromatic N) is 1. The summed E-state index contributed by atoms with van der Waals surface area (Å²) >= 11 is 1.12. The summed E-state index contributed by atoms with van der Waals surface area (Å²) in [5, 5.41) is 10.1. The van der Waals surface area contributed by atoms with Gasteiger partial charge in [0.25, 0.3) is 10.0 Å². The van der Waals surface area contributed by atoms with Crippen LogP contribution >= 0.6 is 11.3 Å². The highest BCUT2D eigenvalue weighted by Crippen LogP contribution is 2.17. The van der Waals surface area contributed by atoms with E-state index in [0.717, 1.165) is 11.3 Å². The minimum absolute atomic E-state index is 0.170. The molecule has 0 spiro atoms. The number of methoxy groups -OCH3 is 1. The first-order valence-electron chi connectivity index (χ1n) is 5.05. The minimum Gasteiger partial charge on any atom is -0.391 e. The van der Waals surface area contributed by atoms with Crippen molar-refractivity contribution in [2.75, 3.05) is 20.3 Å². The van der Waals surface area contributed by atoms with Gasteiger partial charge in [-0.1, -0.05) is 0 Å². The zero-order valence-corrected chi connectivity index (χ0v) is 11.3. The van der Waals surface area contributed by atoms with Gasteiger partial charge in [0.05, 0.1) is 23.9 Å². The Labute approximate surface area is 105 Å². The molecule has 0 aliphatic carbocycles. The Bertz CT molecular complexity index is 444. The molecule has 17 heavy (non-hydrogen) atoms. The lowest BCUT2D eigenvalue weighted by atomic mass is 10.3. The Morgan fingerprint density at radius 1 is 1.65 bits per heavy atom. The third-order valence-corrected chi connectivity index (χ3v) is 4.83. The standard InChI is InChI=1S/C9H16N2O4S2/c1-7-10-5-9(16-7)17(13,14)11-4-3-8(12)6-15-2/h5,8,11-12H,3-4,6H2,1-2H3. The molecule has 1 heterocycles. The number of aromatic nitrogens is 1. The largest absolute Gasteiger partial charge is 0.391 e. The van der Waals surface area contributed by atoms with Crippen LogP contribution in [0.2, 0.25) is 0 Å². The lowest BCUT2D eigenvalue weighted by molar-refractivity contribution is 0.0603. The van der Waals surface area contributed by atoms with Gasteiger partial charge in [-0.25, -0.2) is 18.1 Å². The molecule has 8 heteroatoms. The number of hydrogen-bond acceptors (Lipinski definition) is 6. The highest BCUT2D eigenvalue weighted by atomic mass is 32.2. The van der Waals surface area contributed by atoms with Crippen LogP contribution < -0.4 is 4.72 Å². The van der Waals surface area contributed by atoms with Crippen molar-refractivity contribution in [3.63, 3.8) is 0 Å². The summed E-state index contributed by atoms with van der Waals surface area (Å²) in [6.07, 6.45) is 0.976. The minimum atomic E-state index is -3.50. The lowest BCUT2D eigenvalue weighted by Gasteiger charge is -2.09. The number of rotatable bonds is 7. The molecule has 1 rings (SSSR count). The maximum atomic E-state index is 11.7. The van der Waals surface area contributed by atoms with Gasteiger partial charge in [-0.15, -0.1) is 11.3 Å². The van der Waals surface area contributed by atoms with Crippen LogP contribution in [-0.2, 0) is 14.8 Å². The van der Waals surface area contributed by atoms with E-state index in [2.05, 4.69) is 9.71 Å². The second-order valence-electron chi connectivity index (χ2n) is 3.49. The van der Waals surface area contributed by atoms with E-state index in [1.54, 1.807) is 6.92 Å². The van der Waals surface area contributed by atoms with Gasteiger partial charge < -0.3 is 9.84 Å². The molecule has 1 aromatic heterocycles. The molecule has 0 amide bonds. The molecule has 0 radical (unpaired) electrons. The molecular formula is C9H16N2O4S2. The number of aliphatic hydroxyl groups excluding tert-OH is 1. The zero-order valence-electron chi connectivity index (χ0n) is 9.71. The number of ether oxygens (including phenoxy) is 1. The molecule has 0 bridgehead atoms. The first-order chi connectivity index (χ1) is 7.95. The summed E-state index contributed by atoms with van der Waals surface area (Å²) in [4.78, 5) is 3.89. The molecule has 6 nitrogen and oxygen atoms in total. The average molecular weight is 280 g/mol. The van der Waals surface area contributed by atoms with E-state index < -0.39 is 16.1 Å². The molecule has 0 saturated carbocycles. The van der Waals surface area contributed by atoms with E-state index in [0.29, 0.717) is 11.4 Å². The van der Waals surface area contributed by atoms with Gasteiger partial charge in [0.1, 0.15) is 0 Å². The van der Waals surface area contributed by atoms with Gasteiger partial charge in [0, 0.05) is 13.7 Å². The van der Waals surface area contributed by atoms with E-state index in [9.17, 15) is 13.5 Å². The van der Waals surface area contributed by atoms with Crippen molar-refractivity contribution in [1.82, 2.24) is 9.71 Å². The number of thiazole rings is 1. The Morgan fingerprint density at radius 3 is 2.88 bits per heavy atom. The fourth-order valence-electron chi connectivity index (χ4n) is 1.17. The average Bonchev–Trinajstić information content (AvgIpc) is 2.65.